The second-order valence-electron chi connectivity index (χ2n) is 7.88. The van der Waals surface area contributed by atoms with E-state index in [0.29, 0.717) is 34.1 Å². The Balaban J connectivity index is 1.79. The monoisotopic (exact) mass is 432 g/mol. The molecule has 2 aliphatic heterocycles. The normalized spacial score (nSPS) is 22.6. The van der Waals surface area contributed by atoms with Gasteiger partial charge >= 0.3 is 0 Å². The van der Waals surface area contributed by atoms with Crippen molar-refractivity contribution in [3.63, 3.8) is 0 Å². The highest BCUT2D eigenvalue weighted by Crippen LogP contribution is 2.46. The molecule has 1 aromatic heterocycles. The van der Waals surface area contributed by atoms with Crippen molar-refractivity contribution >= 4 is 17.7 Å². The molecule has 30 heavy (non-hydrogen) atoms. The summed E-state index contributed by atoms with van der Waals surface area (Å²) in [5.74, 6) is 2.87. The van der Waals surface area contributed by atoms with Crippen molar-refractivity contribution in [3.8, 4) is 17.2 Å². The van der Waals surface area contributed by atoms with Gasteiger partial charge in [0.2, 0.25) is 5.75 Å². The average molecular weight is 433 g/mol. The minimum Gasteiger partial charge on any atom is -0.493 e. The maximum atomic E-state index is 13.3. The van der Waals surface area contributed by atoms with Gasteiger partial charge in [0.05, 0.1) is 27.4 Å². The molecule has 8 nitrogen and oxygen atoms in total. The lowest BCUT2D eigenvalue weighted by atomic mass is 9.93. The first kappa shape index (κ1) is 21.0. The number of nitrogens with zero attached hydrogens (tertiary/aromatic N) is 4. The summed E-state index contributed by atoms with van der Waals surface area (Å²) < 4.78 is 18.1. The lowest BCUT2D eigenvalue weighted by molar-refractivity contribution is 0.0787. The van der Waals surface area contributed by atoms with Gasteiger partial charge in [-0.15, -0.1) is 5.10 Å². The summed E-state index contributed by atoms with van der Waals surface area (Å²) >= 11 is 1.49. The first-order valence-corrected chi connectivity index (χ1v) is 11.0. The van der Waals surface area contributed by atoms with Crippen LogP contribution in [0.1, 0.15) is 42.0 Å². The number of methoxy groups -OCH3 is 3. The molecule has 0 aliphatic carbocycles. The van der Waals surface area contributed by atoms with Crippen LogP contribution in [0, 0.1) is 12.8 Å². The van der Waals surface area contributed by atoms with Crippen LogP contribution in [-0.2, 0) is 0 Å². The van der Waals surface area contributed by atoms with Gasteiger partial charge < -0.3 is 14.2 Å². The van der Waals surface area contributed by atoms with Crippen molar-refractivity contribution in [2.24, 2.45) is 5.92 Å². The number of rotatable bonds is 6. The molecule has 0 N–H and O–H groups in total. The van der Waals surface area contributed by atoms with E-state index in [9.17, 15) is 4.79 Å². The van der Waals surface area contributed by atoms with Crippen LogP contribution < -0.4 is 14.2 Å². The third-order valence-corrected chi connectivity index (χ3v) is 6.95. The van der Waals surface area contributed by atoms with E-state index in [0.717, 1.165) is 25.1 Å². The van der Waals surface area contributed by atoms with Gasteiger partial charge in [0, 0.05) is 6.54 Å². The van der Waals surface area contributed by atoms with Crippen molar-refractivity contribution in [2.75, 3.05) is 34.4 Å². The lowest BCUT2D eigenvalue weighted by Gasteiger charge is -2.39. The van der Waals surface area contributed by atoms with Crippen molar-refractivity contribution in [1.29, 1.82) is 0 Å². The van der Waals surface area contributed by atoms with Crippen molar-refractivity contribution in [1.82, 2.24) is 19.7 Å². The molecule has 0 radical (unpaired) electrons. The number of aromatic nitrogens is 3. The van der Waals surface area contributed by atoms with Gasteiger partial charge in [-0.3, -0.25) is 9.69 Å². The van der Waals surface area contributed by atoms with Crippen molar-refractivity contribution in [3.05, 3.63) is 23.5 Å². The molecular weight excluding hydrogens is 404 g/mol. The Labute approximate surface area is 180 Å². The number of fused-ring (bicyclic) bond motifs is 1. The Morgan fingerprint density at radius 3 is 2.43 bits per heavy atom. The fourth-order valence-corrected chi connectivity index (χ4v) is 5.73. The first-order valence-electron chi connectivity index (χ1n) is 10.1. The molecule has 0 spiro atoms. The number of hydrogen-bond donors (Lipinski definition) is 0. The largest absolute Gasteiger partial charge is 0.493 e. The molecule has 0 saturated carbocycles. The van der Waals surface area contributed by atoms with Gasteiger partial charge in [-0.25, -0.2) is 4.98 Å². The summed E-state index contributed by atoms with van der Waals surface area (Å²) in [7, 11) is 4.81. The van der Waals surface area contributed by atoms with Crippen LogP contribution in [-0.4, -0.2) is 65.2 Å². The summed E-state index contributed by atoms with van der Waals surface area (Å²) in [5, 5.41) is 4.62. The number of carbonyl (C=O) groups excluding carboxylic acids is 1. The van der Waals surface area contributed by atoms with Crippen molar-refractivity contribution in [2.45, 2.75) is 43.1 Å². The van der Waals surface area contributed by atoms with Crippen LogP contribution in [0.2, 0.25) is 0 Å². The van der Waals surface area contributed by atoms with E-state index >= 15 is 0 Å². The van der Waals surface area contributed by atoms with Gasteiger partial charge in [-0.2, -0.15) is 4.68 Å². The third-order valence-electron chi connectivity index (χ3n) is 5.77. The zero-order valence-corrected chi connectivity index (χ0v) is 18.9. The maximum Gasteiger partial charge on any atom is 0.264 e. The minimum absolute atomic E-state index is 0.0346. The molecular formula is C21H28N4O4S. The van der Waals surface area contributed by atoms with Gasteiger partial charge in [-0.1, -0.05) is 18.7 Å². The zero-order valence-electron chi connectivity index (χ0n) is 18.0. The summed E-state index contributed by atoms with van der Waals surface area (Å²) in [4.78, 5) is 20.1. The molecule has 1 saturated heterocycles. The van der Waals surface area contributed by atoms with E-state index in [1.54, 1.807) is 28.3 Å². The highest BCUT2D eigenvalue weighted by Gasteiger charge is 2.44. The van der Waals surface area contributed by atoms with Gasteiger partial charge in [0.25, 0.3) is 5.91 Å². The summed E-state index contributed by atoms with van der Waals surface area (Å²) in [6.07, 6.45) is 2.31. The molecule has 4 rings (SSSR count). The van der Waals surface area contributed by atoms with Crippen molar-refractivity contribution < 1.29 is 19.0 Å². The minimum atomic E-state index is -0.339. The smallest absolute Gasteiger partial charge is 0.264 e. The van der Waals surface area contributed by atoms with Gasteiger partial charge in [-0.05, 0) is 49.9 Å². The van der Waals surface area contributed by atoms with E-state index < -0.39 is 0 Å². The first-order chi connectivity index (χ1) is 14.5. The van der Waals surface area contributed by atoms with Crippen LogP contribution in [0.4, 0.5) is 0 Å². The van der Waals surface area contributed by atoms with E-state index in [1.165, 1.54) is 22.9 Å². The number of likely N-dealkylation sites (tertiary alicyclic amines) is 1. The molecule has 3 unspecified atom stereocenters. The number of aryl methyl sites for hydroxylation is 1. The molecule has 0 amide bonds. The number of thioether (sulfide) groups is 1. The molecule has 3 heterocycles. The quantitative estimate of drug-likeness (QED) is 0.689. The molecule has 2 aromatic rings. The number of benzene rings is 1. The summed E-state index contributed by atoms with van der Waals surface area (Å²) in [5.41, 5.74) is 0.965. The Kier molecular flexibility index (Phi) is 5.92. The molecule has 162 valence electrons. The standard InChI is InChI=1S/C21H28N4O4S/c1-12-7-6-8-24(11-12)17(19-20(26)25-21(30-19)22-13(2)23-25)14-9-15(27-3)18(29-5)16(10-14)28-4/h9-10,12,17,19H,6-8,11H2,1-5H3. The third kappa shape index (κ3) is 3.65. The predicted molar refractivity (Wildman–Crippen MR) is 114 cm³/mol. The number of hydrogen-bond acceptors (Lipinski definition) is 8. The second-order valence-corrected chi connectivity index (χ2v) is 8.98. The molecule has 0 bridgehead atoms. The fourth-order valence-electron chi connectivity index (χ4n) is 4.43. The Morgan fingerprint density at radius 1 is 1.17 bits per heavy atom. The van der Waals surface area contributed by atoms with Gasteiger partial charge in [0.1, 0.15) is 11.1 Å². The van der Waals surface area contributed by atoms with Crippen LogP contribution in [0.3, 0.4) is 0 Å². The highest BCUT2D eigenvalue weighted by molar-refractivity contribution is 8.00. The SMILES string of the molecule is COc1cc(C(C2Sc3nc(C)nn3C2=O)N2CCCC(C)C2)cc(OC)c1OC. The zero-order chi connectivity index (χ0) is 21.4. The fraction of sp³-hybridized carbons (Fsp3) is 0.571. The summed E-state index contributed by atoms with van der Waals surface area (Å²) in [6, 6.07) is 3.76. The van der Waals surface area contributed by atoms with E-state index in [-0.39, 0.29) is 17.2 Å². The highest BCUT2D eigenvalue weighted by atomic mass is 32.2. The van der Waals surface area contributed by atoms with Crippen LogP contribution in [0.15, 0.2) is 17.3 Å². The average Bonchev–Trinajstić information content (AvgIpc) is 3.24. The number of piperidine rings is 1. The molecule has 1 fully saturated rings. The summed E-state index contributed by atoms with van der Waals surface area (Å²) in [6.45, 7) is 5.93. The molecule has 9 heteroatoms. The van der Waals surface area contributed by atoms with Crippen LogP contribution in [0.25, 0.3) is 0 Å². The Morgan fingerprint density at radius 2 is 1.87 bits per heavy atom. The number of ether oxygens (including phenoxy) is 3. The van der Waals surface area contributed by atoms with E-state index in [4.69, 9.17) is 14.2 Å². The number of carbonyl (C=O) groups is 1. The van der Waals surface area contributed by atoms with Gasteiger partial charge in [0.15, 0.2) is 16.7 Å². The van der Waals surface area contributed by atoms with E-state index in [2.05, 4.69) is 21.9 Å². The maximum absolute atomic E-state index is 13.3. The Hall–Kier alpha value is -2.26. The van der Waals surface area contributed by atoms with E-state index in [1.807, 2.05) is 12.1 Å². The predicted octanol–water partition coefficient (Wildman–Crippen LogP) is 3.20. The molecule has 1 aromatic carbocycles. The Bertz CT molecular complexity index is 922. The lowest BCUT2D eigenvalue weighted by Crippen LogP contribution is -2.43. The second kappa shape index (κ2) is 8.47. The molecule has 2 aliphatic rings. The molecule has 3 atom stereocenters. The topological polar surface area (TPSA) is 78.7 Å². The van der Waals surface area contributed by atoms with Crippen LogP contribution >= 0.6 is 11.8 Å². The van der Waals surface area contributed by atoms with Crippen LogP contribution in [0.5, 0.6) is 17.2 Å².